The highest BCUT2D eigenvalue weighted by Crippen LogP contribution is 2.33. The normalized spacial score (nSPS) is 15.6. The first-order valence-corrected chi connectivity index (χ1v) is 6.39. The third-order valence-electron chi connectivity index (χ3n) is 2.56. The Morgan fingerprint density at radius 2 is 1.65 bits per heavy atom. The lowest BCUT2D eigenvalue weighted by molar-refractivity contribution is -0.183. The lowest BCUT2D eigenvalue weighted by atomic mass is 9.85. The predicted molar refractivity (Wildman–Crippen MR) is 66.0 cm³/mol. The molecule has 0 fully saturated rings. The fraction of sp³-hybridized carbons (Fsp3) is 0.846. The van der Waals surface area contributed by atoms with Gasteiger partial charge in [-0.25, -0.2) is 0 Å². The number of hydrogen-bond acceptors (Lipinski definition) is 3. The summed E-state index contributed by atoms with van der Waals surface area (Å²) in [5.41, 5.74) is -0.962. The molecule has 0 saturated carbocycles. The van der Waals surface area contributed by atoms with E-state index in [1.54, 1.807) is 6.92 Å². The number of carboxylic acids is 1. The van der Waals surface area contributed by atoms with E-state index >= 15 is 0 Å². The Labute approximate surface area is 116 Å². The number of carbonyl (C=O) groups is 2. The van der Waals surface area contributed by atoms with Crippen LogP contribution in [0.1, 0.15) is 47.0 Å². The Morgan fingerprint density at radius 1 is 1.15 bits per heavy atom. The summed E-state index contributed by atoms with van der Waals surface area (Å²) in [5.74, 6) is -5.63. The van der Waals surface area contributed by atoms with Gasteiger partial charge in [0.2, 0.25) is 0 Å². The monoisotopic (exact) mass is 298 g/mol. The maximum Gasteiger partial charge on any atom is 0.389 e. The predicted octanol–water partition coefficient (Wildman–Crippen LogP) is 3.40. The van der Waals surface area contributed by atoms with Gasteiger partial charge in [0, 0.05) is 0 Å². The van der Waals surface area contributed by atoms with Crippen molar-refractivity contribution in [2.24, 2.45) is 11.8 Å². The van der Waals surface area contributed by atoms with Gasteiger partial charge in [-0.2, -0.15) is 13.2 Å². The molecule has 0 aromatic rings. The number of aliphatic carboxylic acids is 1. The van der Waals surface area contributed by atoms with Crippen LogP contribution in [0.4, 0.5) is 13.2 Å². The topological polar surface area (TPSA) is 63.6 Å². The maximum absolute atomic E-state index is 12.6. The van der Waals surface area contributed by atoms with Crippen molar-refractivity contribution in [3.8, 4) is 0 Å². The van der Waals surface area contributed by atoms with Crippen LogP contribution in [-0.4, -0.2) is 28.8 Å². The molecule has 0 aliphatic carbocycles. The van der Waals surface area contributed by atoms with Gasteiger partial charge in [0.1, 0.15) is 5.60 Å². The second-order valence-corrected chi connectivity index (χ2v) is 5.69. The molecule has 1 N–H and O–H groups in total. The van der Waals surface area contributed by atoms with Gasteiger partial charge in [-0.3, -0.25) is 9.59 Å². The molecular formula is C13H21F3O4. The molecule has 0 aromatic carbocycles. The zero-order chi connectivity index (χ0) is 16.1. The van der Waals surface area contributed by atoms with Gasteiger partial charge in [-0.1, -0.05) is 13.3 Å². The van der Waals surface area contributed by atoms with Crippen LogP contribution in [0.15, 0.2) is 0 Å². The van der Waals surface area contributed by atoms with E-state index in [0.717, 1.165) is 0 Å². The molecule has 4 nitrogen and oxygen atoms in total. The first kappa shape index (κ1) is 18.7. The highest BCUT2D eigenvalue weighted by Gasteiger charge is 2.43. The third kappa shape index (κ3) is 7.35. The number of rotatable bonds is 6. The Morgan fingerprint density at radius 3 is 1.95 bits per heavy atom. The molecule has 0 amide bonds. The highest BCUT2D eigenvalue weighted by atomic mass is 19.4. The van der Waals surface area contributed by atoms with Crippen molar-refractivity contribution in [2.45, 2.75) is 58.7 Å². The highest BCUT2D eigenvalue weighted by molar-refractivity contribution is 5.81. The fourth-order valence-electron chi connectivity index (χ4n) is 1.82. The van der Waals surface area contributed by atoms with Crippen molar-refractivity contribution in [3.05, 3.63) is 0 Å². The van der Waals surface area contributed by atoms with Crippen molar-refractivity contribution in [2.75, 3.05) is 0 Å². The first-order valence-electron chi connectivity index (χ1n) is 6.39. The van der Waals surface area contributed by atoms with E-state index in [0.29, 0.717) is 6.42 Å². The average molecular weight is 298 g/mol. The molecule has 0 saturated heterocycles. The molecule has 118 valence electrons. The van der Waals surface area contributed by atoms with Gasteiger partial charge >= 0.3 is 18.1 Å². The largest absolute Gasteiger partial charge is 0.481 e. The Balaban J connectivity index is 5.24. The van der Waals surface area contributed by atoms with Crippen LogP contribution in [0, 0.1) is 11.8 Å². The second kappa shape index (κ2) is 6.95. The summed E-state index contributed by atoms with van der Waals surface area (Å²) in [6.45, 7) is 6.21. The molecule has 0 heterocycles. The standard InChI is InChI=1S/C13H21F3O4/c1-5-6-8(10(17)18)9(7-13(14,15)16)11(19)20-12(2,3)4/h8-9H,5-7H2,1-4H3,(H,17,18)/t8?,9-/m0/s1. The molecular weight excluding hydrogens is 277 g/mol. The van der Waals surface area contributed by atoms with Crippen LogP contribution in [0.5, 0.6) is 0 Å². The molecule has 0 aromatic heterocycles. The minimum absolute atomic E-state index is 0.00464. The Kier molecular flexibility index (Phi) is 6.50. The van der Waals surface area contributed by atoms with Crippen LogP contribution in [0.25, 0.3) is 0 Å². The van der Waals surface area contributed by atoms with Crippen molar-refractivity contribution < 1.29 is 32.6 Å². The SMILES string of the molecule is CCCC(C(=O)O)[C@H](CC(F)(F)F)C(=O)OC(C)(C)C. The molecule has 0 radical (unpaired) electrons. The van der Waals surface area contributed by atoms with E-state index in [2.05, 4.69) is 0 Å². The minimum Gasteiger partial charge on any atom is -0.481 e. The summed E-state index contributed by atoms with van der Waals surface area (Å²) in [6, 6.07) is 0. The number of carboxylic acid groups (broad SMARTS) is 1. The molecule has 0 aliphatic heterocycles. The summed E-state index contributed by atoms with van der Waals surface area (Å²) in [4.78, 5) is 23.0. The smallest absolute Gasteiger partial charge is 0.389 e. The van der Waals surface area contributed by atoms with E-state index in [1.807, 2.05) is 0 Å². The van der Waals surface area contributed by atoms with Crippen molar-refractivity contribution in [1.29, 1.82) is 0 Å². The van der Waals surface area contributed by atoms with Gasteiger partial charge in [0.15, 0.2) is 0 Å². The zero-order valence-electron chi connectivity index (χ0n) is 12.1. The minimum atomic E-state index is -4.62. The van der Waals surface area contributed by atoms with E-state index in [1.165, 1.54) is 20.8 Å². The molecule has 0 spiro atoms. The molecule has 1 unspecified atom stereocenters. The van der Waals surface area contributed by atoms with Crippen molar-refractivity contribution in [1.82, 2.24) is 0 Å². The molecule has 2 atom stereocenters. The number of alkyl halides is 3. The van der Waals surface area contributed by atoms with E-state index in [9.17, 15) is 22.8 Å². The molecule has 0 aliphatic rings. The van der Waals surface area contributed by atoms with Crippen LogP contribution in [-0.2, 0) is 14.3 Å². The third-order valence-corrected chi connectivity index (χ3v) is 2.56. The van der Waals surface area contributed by atoms with E-state index in [-0.39, 0.29) is 6.42 Å². The van der Waals surface area contributed by atoms with Crippen LogP contribution in [0.2, 0.25) is 0 Å². The number of carbonyl (C=O) groups excluding carboxylic acids is 1. The lowest BCUT2D eigenvalue weighted by Crippen LogP contribution is -2.38. The summed E-state index contributed by atoms with van der Waals surface area (Å²) < 4.78 is 42.6. The van der Waals surface area contributed by atoms with Gasteiger partial charge in [-0.15, -0.1) is 0 Å². The Bertz CT molecular complexity index is 345. The maximum atomic E-state index is 12.6. The second-order valence-electron chi connectivity index (χ2n) is 5.69. The lowest BCUT2D eigenvalue weighted by Gasteiger charge is -2.27. The summed E-state index contributed by atoms with van der Waals surface area (Å²) >= 11 is 0. The van der Waals surface area contributed by atoms with Crippen LogP contribution >= 0.6 is 0 Å². The first-order chi connectivity index (χ1) is 8.87. The fourth-order valence-corrected chi connectivity index (χ4v) is 1.82. The molecule has 7 heteroatoms. The van der Waals surface area contributed by atoms with Crippen molar-refractivity contribution >= 4 is 11.9 Å². The van der Waals surface area contributed by atoms with Crippen LogP contribution < -0.4 is 0 Å². The molecule has 0 bridgehead atoms. The average Bonchev–Trinajstić information content (AvgIpc) is 2.18. The van der Waals surface area contributed by atoms with Gasteiger partial charge in [0.05, 0.1) is 18.3 Å². The summed E-state index contributed by atoms with van der Waals surface area (Å²) in [6.07, 6.45) is -5.74. The van der Waals surface area contributed by atoms with Crippen LogP contribution in [0.3, 0.4) is 0 Å². The van der Waals surface area contributed by atoms with E-state index in [4.69, 9.17) is 9.84 Å². The number of halogens is 3. The molecule has 0 rings (SSSR count). The van der Waals surface area contributed by atoms with Gasteiger partial charge in [0.25, 0.3) is 0 Å². The van der Waals surface area contributed by atoms with Crippen molar-refractivity contribution in [3.63, 3.8) is 0 Å². The number of ether oxygens (including phenoxy) is 1. The Hall–Kier alpha value is -1.27. The molecule has 20 heavy (non-hydrogen) atoms. The van der Waals surface area contributed by atoms with Gasteiger partial charge < -0.3 is 9.84 Å². The van der Waals surface area contributed by atoms with Gasteiger partial charge in [-0.05, 0) is 27.2 Å². The summed E-state index contributed by atoms with van der Waals surface area (Å²) in [5, 5.41) is 9.04. The van der Waals surface area contributed by atoms with E-state index < -0.39 is 42.0 Å². The quantitative estimate of drug-likeness (QED) is 0.763. The number of esters is 1. The number of hydrogen-bond donors (Lipinski definition) is 1. The zero-order valence-corrected chi connectivity index (χ0v) is 12.1. The summed E-state index contributed by atoms with van der Waals surface area (Å²) in [7, 11) is 0.